The van der Waals surface area contributed by atoms with Crippen molar-refractivity contribution in [3.8, 4) is 0 Å². The Labute approximate surface area is 113 Å². The maximum atomic E-state index is 3.58. The zero-order chi connectivity index (χ0) is 11.9. The molecule has 1 aromatic carbocycles. The summed E-state index contributed by atoms with van der Waals surface area (Å²) in [5.74, 6) is 0. The fourth-order valence-electron chi connectivity index (χ4n) is 2.24. The Kier molecular flexibility index (Phi) is 5.27. The second kappa shape index (κ2) is 6.97. The average Bonchev–Trinajstić information content (AvgIpc) is 2.38. The molecule has 0 unspecified atom stereocenters. The molecule has 0 radical (unpaired) electrons. The first-order valence-corrected chi connectivity index (χ1v) is 7.26. The van der Waals surface area contributed by atoms with E-state index >= 15 is 0 Å². The zero-order valence-corrected chi connectivity index (χ0v) is 11.8. The van der Waals surface area contributed by atoms with Crippen LogP contribution in [-0.2, 0) is 6.42 Å². The summed E-state index contributed by atoms with van der Waals surface area (Å²) in [6.07, 6.45) is 9.78. The molecule has 0 N–H and O–H groups in total. The van der Waals surface area contributed by atoms with Crippen LogP contribution in [0.4, 0.5) is 0 Å². The van der Waals surface area contributed by atoms with E-state index in [2.05, 4.69) is 57.2 Å². The number of hydrogen-bond acceptors (Lipinski definition) is 1. The minimum absolute atomic E-state index is 1.02. The minimum atomic E-state index is 1.02. The van der Waals surface area contributed by atoms with Gasteiger partial charge in [-0.1, -0.05) is 52.7 Å². The van der Waals surface area contributed by atoms with Gasteiger partial charge < -0.3 is 0 Å². The molecular formula is C15H20BrN. The van der Waals surface area contributed by atoms with Gasteiger partial charge >= 0.3 is 0 Å². The zero-order valence-electron chi connectivity index (χ0n) is 10.2. The predicted octanol–water partition coefficient (Wildman–Crippen LogP) is 4.03. The molecule has 0 aromatic heterocycles. The lowest BCUT2D eigenvalue weighted by Crippen LogP contribution is -2.29. The van der Waals surface area contributed by atoms with Crippen molar-refractivity contribution >= 4 is 15.9 Å². The van der Waals surface area contributed by atoms with Crippen LogP contribution in [0.25, 0.3) is 0 Å². The Morgan fingerprint density at radius 2 is 1.82 bits per heavy atom. The van der Waals surface area contributed by atoms with E-state index in [-0.39, 0.29) is 0 Å². The molecule has 1 saturated heterocycles. The van der Waals surface area contributed by atoms with Crippen molar-refractivity contribution in [2.45, 2.75) is 25.7 Å². The van der Waals surface area contributed by atoms with E-state index in [0.29, 0.717) is 0 Å². The standard InChI is InChI=1S/C15H20BrN/c16-15-10-3-2-8-14(15)9-4-7-13-17-11-5-1-6-12-17/h2-4,7-8,10H,1,5-6,9,11-13H2/b7-4+. The van der Waals surface area contributed by atoms with Gasteiger partial charge in [-0.25, -0.2) is 0 Å². The lowest BCUT2D eigenvalue weighted by Gasteiger charge is -2.24. The number of piperidine rings is 1. The summed E-state index contributed by atoms with van der Waals surface area (Å²) in [6, 6.07) is 8.44. The van der Waals surface area contributed by atoms with E-state index in [0.717, 1.165) is 13.0 Å². The van der Waals surface area contributed by atoms with Gasteiger partial charge in [-0.15, -0.1) is 0 Å². The molecule has 0 saturated carbocycles. The first-order chi connectivity index (χ1) is 8.36. The smallest absolute Gasteiger partial charge is 0.0210 e. The molecule has 0 amide bonds. The van der Waals surface area contributed by atoms with Crippen LogP contribution >= 0.6 is 15.9 Å². The number of hydrogen-bond donors (Lipinski definition) is 0. The number of allylic oxidation sites excluding steroid dienone is 1. The highest BCUT2D eigenvalue weighted by molar-refractivity contribution is 9.10. The van der Waals surface area contributed by atoms with Gasteiger partial charge in [0.25, 0.3) is 0 Å². The number of halogens is 1. The van der Waals surface area contributed by atoms with Crippen LogP contribution in [0.3, 0.4) is 0 Å². The maximum absolute atomic E-state index is 3.58. The molecule has 17 heavy (non-hydrogen) atoms. The topological polar surface area (TPSA) is 3.24 Å². The third kappa shape index (κ3) is 4.29. The summed E-state index contributed by atoms with van der Waals surface area (Å²) in [4.78, 5) is 2.54. The maximum Gasteiger partial charge on any atom is 0.0210 e. The van der Waals surface area contributed by atoms with E-state index in [9.17, 15) is 0 Å². The van der Waals surface area contributed by atoms with Gasteiger partial charge in [-0.3, -0.25) is 4.90 Å². The Balaban J connectivity index is 1.76. The van der Waals surface area contributed by atoms with Gasteiger partial charge in [-0.05, 0) is 44.0 Å². The first kappa shape index (κ1) is 12.8. The second-order valence-corrected chi connectivity index (χ2v) is 5.48. The molecule has 2 rings (SSSR count). The monoisotopic (exact) mass is 293 g/mol. The fourth-order valence-corrected chi connectivity index (χ4v) is 2.69. The summed E-state index contributed by atoms with van der Waals surface area (Å²) in [5.41, 5.74) is 1.36. The summed E-state index contributed by atoms with van der Waals surface area (Å²) < 4.78 is 1.21. The van der Waals surface area contributed by atoms with Crippen molar-refractivity contribution in [2.75, 3.05) is 19.6 Å². The summed E-state index contributed by atoms with van der Waals surface area (Å²) in [7, 11) is 0. The van der Waals surface area contributed by atoms with Gasteiger partial charge in [0.15, 0.2) is 0 Å². The van der Waals surface area contributed by atoms with Gasteiger partial charge in [0, 0.05) is 11.0 Å². The molecule has 0 atom stereocenters. The van der Waals surface area contributed by atoms with E-state index in [1.165, 1.54) is 42.4 Å². The molecule has 1 nitrogen and oxygen atoms in total. The van der Waals surface area contributed by atoms with E-state index < -0.39 is 0 Å². The summed E-state index contributed by atoms with van der Waals surface area (Å²) in [5, 5.41) is 0. The molecule has 0 spiro atoms. The highest BCUT2D eigenvalue weighted by atomic mass is 79.9. The van der Waals surface area contributed by atoms with Gasteiger partial charge in [-0.2, -0.15) is 0 Å². The van der Waals surface area contributed by atoms with Crippen LogP contribution in [-0.4, -0.2) is 24.5 Å². The number of nitrogens with zero attached hydrogens (tertiary/aromatic N) is 1. The van der Waals surface area contributed by atoms with Crippen LogP contribution in [0.1, 0.15) is 24.8 Å². The molecule has 1 aliphatic rings. The van der Waals surface area contributed by atoms with E-state index in [1.807, 2.05) is 0 Å². The molecule has 1 fully saturated rings. The fraction of sp³-hybridized carbons (Fsp3) is 0.467. The Morgan fingerprint density at radius 1 is 1.06 bits per heavy atom. The van der Waals surface area contributed by atoms with Crippen molar-refractivity contribution in [1.29, 1.82) is 0 Å². The molecule has 92 valence electrons. The highest BCUT2D eigenvalue weighted by Crippen LogP contribution is 2.16. The second-order valence-electron chi connectivity index (χ2n) is 4.63. The lowest BCUT2D eigenvalue weighted by atomic mass is 10.1. The van der Waals surface area contributed by atoms with Gasteiger partial charge in [0.2, 0.25) is 0 Å². The van der Waals surface area contributed by atoms with Crippen molar-refractivity contribution in [3.63, 3.8) is 0 Å². The van der Waals surface area contributed by atoms with Crippen LogP contribution in [0.5, 0.6) is 0 Å². The molecule has 1 aliphatic heterocycles. The van der Waals surface area contributed by atoms with E-state index in [1.54, 1.807) is 0 Å². The first-order valence-electron chi connectivity index (χ1n) is 6.47. The molecule has 1 aromatic rings. The Morgan fingerprint density at radius 3 is 2.59 bits per heavy atom. The van der Waals surface area contributed by atoms with Crippen LogP contribution in [0.15, 0.2) is 40.9 Å². The quantitative estimate of drug-likeness (QED) is 0.758. The number of likely N-dealkylation sites (tertiary alicyclic amines) is 1. The molecule has 1 heterocycles. The number of rotatable bonds is 4. The summed E-state index contributed by atoms with van der Waals surface area (Å²) >= 11 is 3.58. The van der Waals surface area contributed by atoms with Gasteiger partial charge in [0.05, 0.1) is 0 Å². The molecule has 2 heteroatoms. The largest absolute Gasteiger partial charge is 0.300 e. The van der Waals surface area contributed by atoms with Crippen LogP contribution in [0, 0.1) is 0 Å². The van der Waals surface area contributed by atoms with Crippen molar-refractivity contribution < 1.29 is 0 Å². The van der Waals surface area contributed by atoms with Crippen molar-refractivity contribution in [1.82, 2.24) is 4.90 Å². The Hall–Kier alpha value is -0.600. The van der Waals surface area contributed by atoms with Gasteiger partial charge in [0.1, 0.15) is 0 Å². The molecule has 0 bridgehead atoms. The third-order valence-electron chi connectivity index (χ3n) is 3.27. The third-order valence-corrected chi connectivity index (χ3v) is 4.05. The predicted molar refractivity (Wildman–Crippen MR) is 77.3 cm³/mol. The molecule has 0 aliphatic carbocycles. The normalized spacial score (nSPS) is 17.7. The average molecular weight is 294 g/mol. The molecular weight excluding hydrogens is 274 g/mol. The SMILES string of the molecule is Brc1ccccc1C/C=C/CN1CCCCC1. The highest BCUT2D eigenvalue weighted by Gasteiger charge is 2.07. The number of benzene rings is 1. The Bertz CT molecular complexity index is 367. The van der Waals surface area contributed by atoms with Crippen LogP contribution < -0.4 is 0 Å². The minimum Gasteiger partial charge on any atom is -0.300 e. The van der Waals surface area contributed by atoms with Crippen LogP contribution in [0.2, 0.25) is 0 Å². The summed E-state index contributed by atoms with van der Waals surface area (Å²) in [6.45, 7) is 3.67. The lowest BCUT2D eigenvalue weighted by molar-refractivity contribution is 0.251. The van der Waals surface area contributed by atoms with Crippen molar-refractivity contribution in [3.05, 3.63) is 46.5 Å². The van der Waals surface area contributed by atoms with Crippen molar-refractivity contribution in [2.24, 2.45) is 0 Å². The van der Waals surface area contributed by atoms with E-state index in [4.69, 9.17) is 0 Å².